The van der Waals surface area contributed by atoms with Crippen molar-refractivity contribution in [3.63, 3.8) is 0 Å². The number of fused-ring (bicyclic) bond motifs is 1. The van der Waals surface area contributed by atoms with Crippen LogP contribution in [-0.4, -0.2) is 37.9 Å². The summed E-state index contributed by atoms with van der Waals surface area (Å²) >= 11 is 0. The van der Waals surface area contributed by atoms with Gasteiger partial charge >= 0.3 is 0 Å². The molecule has 1 fully saturated rings. The fraction of sp³-hybridized carbons (Fsp3) is 0.474. The maximum Gasteiger partial charge on any atom is 0.0661 e. The Morgan fingerprint density at radius 3 is 2.77 bits per heavy atom. The Hall–Kier alpha value is -1.42. The summed E-state index contributed by atoms with van der Waals surface area (Å²) in [5.74, 6) is 0.484. The molecule has 0 saturated carbocycles. The molecule has 1 heterocycles. The van der Waals surface area contributed by atoms with Crippen LogP contribution >= 0.6 is 0 Å². The van der Waals surface area contributed by atoms with Crippen LogP contribution in [0.2, 0.25) is 0 Å². The van der Waals surface area contributed by atoms with E-state index in [1.807, 2.05) is 7.05 Å². The fourth-order valence-corrected chi connectivity index (χ4v) is 3.59. The molecular weight excluding hydrogens is 272 g/mol. The van der Waals surface area contributed by atoms with Gasteiger partial charge in [0.05, 0.1) is 6.10 Å². The van der Waals surface area contributed by atoms with Gasteiger partial charge in [-0.05, 0) is 48.7 Å². The largest absolute Gasteiger partial charge is 0.392 e. The zero-order valence-corrected chi connectivity index (χ0v) is 13.3. The van der Waals surface area contributed by atoms with Gasteiger partial charge in [-0.3, -0.25) is 0 Å². The van der Waals surface area contributed by atoms with E-state index in [1.54, 1.807) is 0 Å². The number of aliphatic hydroxyl groups excluding tert-OH is 1. The van der Waals surface area contributed by atoms with Crippen molar-refractivity contribution < 1.29 is 5.11 Å². The van der Waals surface area contributed by atoms with Gasteiger partial charge in [-0.1, -0.05) is 42.5 Å². The van der Waals surface area contributed by atoms with Crippen LogP contribution in [0.3, 0.4) is 0 Å². The monoisotopic (exact) mass is 298 g/mol. The number of aliphatic hydroxyl groups is 1. The minimum atomic E-state index is -0.304. The lowest BCUT2D eigenvalue weighted by atomic mass is 9.82. The van der Waals surface area contributed by atoms with Crippen LogP contribution in [0, 0.1) is 5.92 Å². The summed E-state index contributed by atoms with van der Waals surface area (Å²) < 4.78 is 0. The molecule has 3 rings (SSSR count). The summed E-state index contributed by atoms with van der Waals surface area (Å²) in [6.45, 7) is 2.81. The quantitative estimate of drug-likeness (QED) is 0.795. The van der Waals surface area contributed by atoms with Crippen molar-refractivity contribution in [1.82, 2.24) is 10.6 Å². The van der Waals surface area contributed by atoms with Gasteiger partial charge in [0.25, 0.3) is 0 Å². The first-order valence-corrected chi connectivity index (χ1v) is 8.31. The van der Waals surface area contributed by atoms with E-state index in [-0.39, 0.29) is 12.0 Å². The molecule has 3 atom stereocenters. The van der Waals surface area contributed by atoms with E-state index >= 15 is 0 Å². The van der Waals surface area contributed by atoms with E-state index in [4.69, 9.17) is 0 Å². The summed E-state index contributed by atoms with van der Waals surface area (Å²) in [4.78, 5) is 0. The highest BCUT2D eigenvalue weighted by atomic mass is 16.3. The molecule has 3 heteroatoms. The summed E-state index contributed by atoms with van der Waals surface area (Å²) in [5.41, 5.74) is 1.23. The molecule has 3 nitrogen and oxygen atoms in total. The maximum absolute atomic E-state index is 10.9. The normalized spacial score (nSPS) is 21.6. The van der Waals surface area contributed by atoms with E-state index in [2.05, 4.69) is 53.1 Å². The summed E-state index contributed by atoms with van der Waals surface area (Å²) in [5, 5.41) is 20.1. The van der Waals surface area contributed by atoms with Crippen molar-refractivity contribution in [3.05, 3.63) is 48.0 Å². The summed E-state index contributed by atoms with van der Waals surface area (Å²) in [7, 11) is 1.96. The van der Waals surface area contributed by atoms with E-state index in [0.29, 0.717) is 5.92 Å². The second-order valence-corrected chi connectivity index (χ2v) is 6.37. The van der Waals surface area contributed by atoms with Crippen LogP contribution in [-0.2, 0) is 0 Å². The Morgan fingerprint density at radius 2 is 2.05 bits per heavy atom. The molecule has 2 aromatic rings. The molecule has 3 N–H and O–H groups in total. The van der Waals surface area contributed by atoms with E-state index < -0.39 is 0 Å². The average Bonchev–Trinajstić information content (AvgIpc) is 2.59. The zero-order valence-electron chi connectivity index (χ0n) is 13.3. The summed E-state index contributed by atoms with van der Waals surface area (Å²) in [6.07, 6.45) is 1.97. The van der Waals surface area contributed by atoms with Gasteiger partial charge in [-0.2, -0.15) is 0 Å². The van der Waals surface area contributed by atoms with Crippen LogP contribution in [0.4, 0.5) is 0 Å². The molecule has 0 aromatic heterocycles. The van der Waals surface area contributed by atoms with E-state index in [9.17, 15) is 5.11 Å². The lowest BCUT2D eigenvalue weighted by Crippen LogP contribution is -2.41. The minimum absolute atomic E-state index is 0.138. The molecule has 0 radical (unpaired) electrons. The molecule has 1 saturated heterocycles. The predicted molar refractivity (Wildman–Crippen MR) is 92.2 cm³/mol. The van der Waals surface area contributed by atoms with Crippen molar-refractivity contribution in [2.45, 2.75) is 24.9 Å². The van der Waals surface area contributed by atoms with Gasteiger partial charge in [0.1, 0.15) is 0 Å². The topological polar surface area (TPSA) is 44.3 Å². The van der Waals surface area contributed by atoms with Crippen molar-refractivity contribution in [1.29, 1.82) is 0 Å². The predicted octanol–water partition coefficient (Wildman–Crippen LogP) is 2.50. The summed E-state index contributed by atoms with van der Waals surface area (Å²) in [6, 6.07) is 15.0. The highest BCUT2D eigenvalue weighted by Gasteiger charge is 2.29. The van der Waals surface area contributed by atoms with E-state index in [0.717, 1.165) is 32.5 Å². The van der Waals surface area contributed by atoms with Crippen LogP contribution < -0.4 is 10.6 Å². The van der Waals surface area contributed by atoms with Crippen molar-refractivity contribution in [2.75, 3.05) is 26.7 Å². The van der Waals surface area contributed by atoms with Crippen LogP contribution in [0.1, 0.15) is 24.3 Å². The lowest BCUT2D eigenvalue weighted by Gasteiger charge is -2.33. The van der Waals surface area contributed by atoms with Gasteiger partial charge in [0.2, 0.25) is 0 Å². The molecule has 1 unspecified atom stereocenters. The Bertz CT molecular complexity index is 607. The third-order valence-electron chi connectivity index (χ3n) is 4.86. The van der Waals surface area contributed by atoms with Crippen molar-refractivity contribution in [3.8, 4) is 0 Å². The van der Waals surface area contributed by atoms with Crippen molar-refractivity contribution in [2.24, 2.45) is 5.92 Å². The molecule has 1 aliphatic heterocycles. The highest BCUT2D eigenvalue weighted by molar-refractivity contribution is 5.83. The number of benzene rings is 2. The lowest BCUT2D eigenvalue weighted by molar-refractivity contribution is 0.0669. The Morgan fingerprint density at radius 1 is 1.23 bits per heavy atom. The van der Waals surface area contributed by atoms with Crippen LogP contribution in [0.15, 0.2) is 42.5 Å². The SMILES string of the molecule is CNC[C@@H](c1ccc2ccccc2c1)[C@@H](O)C1CCCNC1. The Balaban J connectivity index is 1.87. The van der Waals surface area contributed by atoms with Gasteiger partial charge in [-0.25, -0.2) is 0 Å². The zero-order chi connectivity index (χ0) is 15.4. The highest BCUT2D eigenvalue weighted by Crippen LogP contribution is 2.29. The second kappa shape index (κ2) is 7.23. The molecule has 0 bridgehead atoms. The smallest absolute Gasteiger partial charge is 0.0661 e. The first-order chi connectivity index (χ1) is 10.8. The first-order valence-electron chi connectivity index (χ1n) is 8.31. The average molecular weight is 298 g/mol. The van der Waals surface area contributed by atoms with Crippen LogP contribution in [0.25, 0.3) is 10.8 Å². The Labute approximate surface area is 132 Å². The molecular formula is C19H26N2O. The molecule has 0 spiro atoms. The number of piperidine rings is 1. The molecule has 0 aliphatic carbocycles. The number of hydrogen-bond donors (Lipinski definition) is 3. The fourth-order valence-electron chi connectivity index (χ4n) is 3.59. The minimum Gasteiger partial charge on any atom is -0.392 e. The third kappa shape index (κ3) is 3.32. The van der Waals surface area contributed by atoms with E-state index in [1.165, 1.54) is 16.3 Å². The maximum atomic E-state index is 10.9. The standard InChI is InChI=1S/C19H26N2O/c1-20-13-18(19(22)17-7-4-10-21-12-17)16-9-8-14-5-2-3-6-15(14)11-16/h2-3,5-6,8-9,11,17-22H,4,7,10,12-13H2,1H3/t17?,18-,19-/m0/s1. The van der Waals surface area contributed by atoms with Gasteiger partial charge in [-0.15, -0.1) is 0 Å². The molecule has 0 amide bonds. The number of hydrogen-bond acceptors (Lipinski definition) is 3. The number of nitrogens with one attached hydrogen (secondary N) is 2. The van der Waals surface area contributed by atoms with Gasteiger partial charge in [0.15, 0.2) is 0 Å². The van der Waals surface area contributed by atoms with Gasteiger partial charge in [0, 0.05) is 19.0 Å². The number of rotatable bonds is 5. The molecule has 1 aliphatic rings. The number of likely N-dealkylation sites (N-methyl/N-ethyl adjacent to an activating group) is 1. The second-order valence-electron chi connectivity index (χ2n) is 6.37. The third-order valence-corrected chi connectivity index (χ3v) is 4.86. The molecule has 22 heavy (non-hydrogen) atoms. The van der Waals surface area contributed by atoms with Crippen molar-refractivity contribution >= 4 is 10.8 Å². The van der Waals surface area contributed by atoms with Gasteiger partial charge < -0.3 is 15.7 Å². The van der Waals surface area contributed by atoms with Crippen LogP contribution in [0.5, 0.6) is 0 Å². The molecule has 2 aromatic carbocycles. The Kier molecular flexibility index (Phi) is 5.08. The molecule has 118 valence electrons. The first kappa shape index (κ1) is 15.5.